The van der Waals surface area contributed by atoms with E-state index < -0.39 is 6.17 Å². The molecule has 1 atom stereocenters. The highest BCUT2D eigenvalue weighted by Gasteiger charge is 2.12. The van der Waals surface area contributed by atoms with Gasteiger partial charge in [-0.3, -0.25) is 0 Å². The smallest absolute Gasteiger partial charge is 0.113 e. The van der Waals surface area contributed by atoms with Crippen LogP contribution < -0.4 is 5.32 Å². The fourth-order valence-electron chi connectivity index (χ4n) is 2.02. The molecule has 2 heteroatoms. The maximum absolute atomic E-state index is 13.5. The van der Waals surface area contributed by atoms with Crippen LogP contribution in [0.15, 0.2) is 0 Å². The number of hydrogen-bond donors (Lipinski definition) is 1. The molecule has 0 bridgehead atoms. The summed E-state index contributed by atoms with van der Waals surface area (Å²) in [5, 5.41) is 3.22. The Morgan fingerprint density at radius 1 is 0.889 bits per heavy atom. The van der Waals surface area contributed by atoms with Crippen molar-refractivity contribution in [3.63, 3.8) is 0 Å². The van der Waals surface area contributed by atoms with Crippen molar-refractivity contribution in [3.05, 3.63) is 0 Å². The van der Waals surface area contributed by atoms with Gasteiger partial charge in [-0.15, -0.1) is 0 Å². The maximum atomic E-state index is 13.5. The minimum absolute atomic E-state index is 0.0314. The first kappa shape index (κ1) is 17.9. The minimum atomic E-state index is -0.677. The lowest BCUT2D eigenvalue weighted by Gasteiger charge is -2.22. The van der Waals surface area contributed by atoms with E-state index in [0.29, 0.717) is 6.54 Å². The molecule has 0 fully saturated rings. The molecule has 0 amide bonds. The molecule has 1 N–H and O–H groups in total. The summed E-state index contributed by atoms with van der Waals surface area (Å²) in [6.45, 7) is 8.98. The predicted molar refractivity (Wildman–Crippen MR) is 79.9 cm³/mol. The van der Waals surface area contributed by atoms with Crippen LogP contribution in [0.4, 0.5) is 4.39 Å². The Morgan fingerprint density at radius 3 is 1.89 bits per heavy atom. The van der Waals surface area contributed by atoms with Crippen LogP contribution in [-0.4, -0.2) is 18.3 Å². The van der Waals surface area contributed by atoms with Crippen molar-refractivity contribution in [3.8, 4) is 0 Å². The van der Waals surface area contributed by atoms with Gasteiger partial charge >= 0.3 is 0 Å². The first-order valence-corrected chi connectivity index (χ1v) is 7.85. The Hall–Kier alpha value is -0.110. The van der Waals surface area contributed by atoms with E-state index in [9.17, 15) is 4.39 Å². The molecule has 0 saturated heterocycles. The molecule has 0 rings (SSSR count). The monoisotopic (exact) mass is 259 g/mol. The molecule has 0 aromatic carbocycles. The third-order valence-corrected chi connectivity index (χ3v) is 3.22. The molecule has 0 aliphatic carbocycles. The standard InChI is InChI=1S/C16H34FN/c1-5-6-7-8-9-10-11-12-13-15(17)14-18-16(2,3)4/h15,18H,5-14H2,1-4H3. The second-order valence-corrected chi connectivity index (χ2v) is 6.49. The van der Waals surface area contributed by atoms with Crippen molar-refractivity contribution in [2.45, 2.75) is 97.2 Å². The van der Waals surface area contributed by atoms with Gasteiger partial charge < -0.3 is 5.32 Å². The molecule has 0 heterocycles. The Morgan fingerprint density at radius 2 is 1.39 bits per heavy atom. The minimum Gasteiger partial charge on any atom is -0.309 e. The van der Waals surface area contributed by atoms with Crippen LogP contribution in [0, 0.1) is 0 Å². The van der Waals surface area contributed by atoms with Crippen molar-refractivity contribution in [1.82, 2.24) is 5.32 Å². The fraction of sp³-hybridized carbons (Fsp3) is 1.00. The quantitative estimate of drug-likeness (QED) is 0.500. The Bertz CT molecular complexity index is 174. The van der Waals surface area contributed by atoms with Gasteiger partial charge in [0.2, 0.25) is 0 Å². The van der Waals surface area contributed by atoms with Crippen molar-refractivity contribution in [2.75, 3.05) is 6.54 Å². The third kappa shape index (κ3) is 14.0. The van der Waals surface area contributed by atoms with Crippen molar-refractivity contribution in [2.24, 2.45) is 0 Å². The number of alkyl halides is 1. The van der Waals surface area contributed by atoms with E-state index in [2.05, 4.69) is 33.0 Å². The van der Waals surface area contributed by atoms with Gasteiger partial charge in [0.25, 0.3) is 0 Å². The lowest BCUT2D eigenvalue weighted by Crippen LogP contribution is -2.39. The summed E-state index contributed by atoms with van der Waals surface area (Å²) in [5.74, 6) is 0. The molecule has 0 spiro atoms. The van der Waals surface area contributed by atoms with E-state index in [0.717, 1.165) is 12.8 Å². The van der Waals surface area contributed by atoms with Gasteiger partial charge in [0.05, 0.1) is 0 Å². The van der Waals surface area contributed by atoms with E-state index in [-0.39, 0.29) is 5.54 Å². The Balaban J connectivity index is 3.23. The second-order valence-electron chi connectivity index (χ2n) is 6.49. The second kappa shape index (κ2) is 10.8. The SMILES string of the molecule is CCCCCCCCCCC(F)CNC(C)(C)C. The zero-order chi connectivity index (χ0) is 13.9. The highest BCUT2D eigenvalue weighted by molar-refractivity contribution is 4.72. The highest BCUT2D eigenvalue weighted by Crippen LogP contribution is 2.12. The van der Waals surface area contributed by atoms with Gasteiger partial charge in [-0.05, 0) is 27.2 Å². The number of nitrogens with one attached hydrogen (secondary N) is 1. The van der Waals surface area contributed by atoms with E-state index in [1.807, 2.05) is 0 Å². The largest absolute Gasteiger partial charge is 0.309 e. The molecule has 1 unspecified atom stereocenters. The van der Waals surface area contributed by atoms with Gasteiger partial charge in [0.15, 0.2) is 0 Å². The molecular formula is C16H34FN. The fourth-order valence-corrected chi connectivity index (χ4v) is 2.02. The summed E-state index contributed by atoms with van der Waals surface area (Å²) in [5.41, 5.74) is 0.0314. The lowest BCUT2D eigenvalue weighted by atomic mass is 10.1. The first-order valence-electron chi connectivity index (χ1n) is 7.85. The summed E-state index contributed by atoms with van der Waals surface area (Å²) in [4.78, 5) is 0. The molecular weight excluding hydrogens is 225 g/mol. The topological polar surface area (TPSA) is 12.0 Å². The Kier molecular flexibility index (Phi) is 10.7. The summed E-state index contributed by atoms with van der Waals surface area (Å²) in [6.07, 6.45) is 10.3. The van der Waals surface area contributed by atoms with Crippen molar-refractivity contribution in [1.29, 1.82) is 0 Å². The maximum Gasteiger partial charge on any atom is 0.113 e. The summed E-state index contributed by atoms with van der Waals surface area (Å²) in [6, 6.07) is 0. The van der Waals surface area contributed by atoms with Gasteiger partial charge in [0, 0.05) is 12.1 Å². The zero-order valence-corrected chi connectivity index (χ0v) is 13.0. The number of rotatable bonds is 11. The molecule has 0 radical (unpaired) electrons. The molecule has 0 aliphatic heterocycles. The molecule has 0 aliphatic rings. The lowest BCUT2D eigenvalue weighted by molar-refractivity contribution is 0.266. The van der Waals surface area contributed by atoms with Crippen LogP contribution in [0.3, 0.4) is 0 Å². The number of hydrogen-bond acceptors (Lipinski definition) is 1. The van der Waals surface area contributed by atoms with E-state index in [4.69, 9.17) is 0 Å². The predicted octanol–water partition coefficient (Wildman–Crippen LogP) is 5.24. The van der Waals surface area contributed by atoms with E-state index in [1.165, 1.54) is 44.9 Å². The van der Waals surface area contributed by atoms with E-state index >= 15 is 0 Å². The van der Waals surface area contributed by atoms with Crippen LogP contribution in [0.5, 0.6) is 0 Å². The molecule has 1 nitrogen and oxygen atoms in total. The third-order valence-electron chi connectivity index (χ3n) is 3.22. The van der Waals surface area contributed by atoms with Crippen LogP contribution in [0.2, 0.25) is 0 Å². The van der Waals surface area contributed by atoms with Gasteiger partial charge in [-0.1, -0.05) is 58.3 Å². The first-order chi connectivity index (χ1) is 8.45. The molecule has 18 heavy (non-hydrogen) atoms. The average molecular weight is 259 g/mol. The van der Waals surface area contributed by atoms with Gasteiger partial charge in [-0.25, -0.2) is 4.39 Å². The normalized spacial score (nSPS) is 13.8. The average Bonchev–Trinajstić information content (AvgIpc) is 2.29. The van der Waals surface area contributed by atoms with E-state index in [1.54, 1.807) is 0 Å². The van der Waals surface area contributed by atoms with Crippen LogP contribution >= 0.6 is 0 Å². The zero-order valence-electron chi connectivity index (χ0n) is 13.0. The summed E-state index contributed by atoms with van der Waals surface area (Å²) in [7, 11) is 0. The van der Waals surface area contributed by atoms with Crippen LogP contribution in [-0.2, 0) is 0 Å². The van der Waals surface area contributed by atoms with Crippen LogP contribution in [0.25, 0.3) is 0 Å². The van der Waals surface area contributed by atoms with Crippen molar-refractivity contribution >= 4 is 0 Å². The highest BCUT2D eigenvalue weighted by atomic mass is 19.1. The van der Waals surface area contributed by atoms with Crippen LogP contribution in [0.1, 0.15) is 85.5 Å². The molecule has 0 aromatic rings. The van der Waals surface area contributed by atoms with Gasteiger partial charge in [0.1, 0.15) is 6.17 Å². The molecule has 0 aromatic heterocycles. The number of halogens is 1. The molecule has 110 valence electrons. The summed E-state index contributed by atoms with van der Waals surface area (Å²) < 4.78 is 13.5. The Labute approximate surface area is 114 Å². The summed E-state index contributed by atoms with van der Waals surface area (Å²) >= 11 is 0. The molecule has 0 saturated carbocycles. The van der Waals surface area contributed by atoms with Gasteiger partial charge in [-0.2, -0.15) is 0 Å². The van der Waals surface area contributed by atoms with Crippen molar-refractivity contribution < 1.29 is 4.39 Å². The number of unbranched alkanes of at least 4 members (excludes halogenated alkanes) is 7.